The van der Waals surface area contributed by atoms with Gasteiger partial charge in [0.2, 0.25) is 0 Å². The molecule has 0 spiro atoms. The maximum absolute atomic E-state index is 12.0. The Hall–Kier alpha value is -2.32. The number of halogens is 3. The third-order valence-electron chi connectivity index (χ3n) is 2.52. The molecule has 21 heavy (non-hydrogen) atoms. The van der Waals surface area contributed by atoms with Gasteiger partial charge in [0, 0.05) is 24.7 Å². The molecule has 9 heteroatoms. The van der Waals surface area contributed by atoms with Crippen molar-refractivity contribution in [2.24, 2.45) is 0 Å². The zero-order valence-electron chi connectivity index (χ0n) is 11.2. The van der Waals surface area contributed by atoms with Crippen LogP contribution in [-0.4, -0.2) is 30.1 Å². The maximum Gasteiger partial charge on any atom is 0.390 e. The third-order valence-corrected chi connectivity index (χ3v) is 2.52. The average Bonchev–Trinajstić information content (AvgIpc) is 2.37. The molecule has 116 valence electrons. The van der Waals surface area contributed by atoms with Crippen LogP contribution >= 0.6 is 0 Å². The molecule has 1 amide bonds. The van der Waals surface area contributed by atoms with Gasteiger partial charge in [-0.1, -0.05) is 0 Å². The monoisotopic (exact) mass is 305 g/mol. The van der Waals surface area contributed by atoms with Crippen molar-refractivity contribution >= 4 is 17.3 Å². The molecule has 0 aliphatic heterocycles. The smallest absolute Gasteiger partial charge is 0.380 e. The largest absolute Gasteiger partial charge is 0.390 e. The lowest BCUT2D eigenvalue weighted by Crippen LogP contribution is -2.28. The molecule has 0 saturated heterocycles. The summed E-state index contributed by atoms with van der Waals surface area (Å²) >= 11 is 0. The molecule has 0 fully saturated rings. The van der Waals surface area contributed by atoms with E-state index in [1.165, 1.54) is 12.1 Å². The van der Waals surface area contributed by atoms with E-state index in [0.29, 0.717) is 6.54 Å². The number of carbonyl (C=O) groups is 1. The molecule has 0 aliphatic rings. The Kier molecular flexibility index (Phi) is 5.51. The van der Waals surface area contributed by atoms with Gasteiger partial charge in [-0.15, -0.1) is 0 Å². The van der Waals surface area contributed by atoms with Crippen LogP contribution in [0.5, 0.6) is 0 Å². The number of hydrogen-bond acceptors (Lipinski definition) is 4. The highest BCUT2D eigenvalue weighted by Crippen LogP contribution is 2.25. The number of amides is 1. The Balaban J connectivity index is 2.81. The van der Waals surface area contributed by atoms with E-state index in [4.69, 9.17) is 0 Å². The van der Waals surface area contributed by atoms with Crippen LogP contribution in [0.25, 0.3) is 0 Å². The molecule has 0 saturated carbocycles. The number of anilines is 1. The first-order valence-corrected chi connectivity index (χ1v) is 6.12. The minimum absolute atomic E-state index is 0.0643. The number of nitrogens with one attached hydrogen (secondary N) is 2. The van der Waals surface area contributed by atoms with Crippen LogP contribution in [0.3, 0.4) is 0 Å². The van der Waals surface area contributed by atoms with Gasteiger partial charge >= 0.3 is 6.18 Å². The third kappa shape index (κ3) is 5.28. The van der Waals surface area contributed by atoms with E-state index >= 15 is 0 Å². The van der Waals surface area contributed by atoms with Crippen molar-refractivity contribution in [2.45, 2.75) is 19.5 Å². The van der Waals surface area contributed by atoms with Crippen LogP contribution in [-0.2, 0) is 0 Å². The molecule has 0 bridgehead atoms. The summed E-state index contributed by atoms with van der Waals surface area (Å²) in [7, 11) is 0. The summed E-state index contributed by atoms with van der Waals surface area (Å²) in [5.41, 5.74) is -0.125. The lowest BCUT2D eigenvalue weighted by atomic mass is 10.1. The Labute approximate surface area is 118 Å². The molecule has 1 aromatic rings. The molecule has 0 atom stereocenters. The summed E-state index contributed by atoms with van der Waals surface area (Å²) in [5.74, 6) is -0.787. The Morgan fingerprint density at radius 3 is 2.57 bits per heavy atom. The molecule has 0 aliphatic carbocycles. The van der Waals surface area contributed by atoms with Gasteiger partial charge in [-0.3, -0.25) is 14.9 Å². The van der Waals surface area contributed by atoms with Crippen LogP contribution in [0.15, 0.2) is 18.2 Å². The predicted octanol–water partition coefficient (Wildman–Crippen LogP) is 2.71. The van der Waals surface area contributed by atoms with E-state index in [2.05, 4.69) is 10.6 Å². The summed E-state index contributed by atoms with van der Waals surface area (Å²) in [4.78, 5) is 21.9. The number of alkyl halides is 3. The number of carbonyl (C=O) groups excluding carboxylic acids is 1. The van der Waals surface area contributed by atoms with Crippen molar-refractivity contribution in [1.29, 1.82) is 0 Å². The van der Waals surface area contributed by atoms with Gasteiger partial charge in [0.05, 0.1) is 11.3 Å². The summed E-state index contributed by atoms with van der Waals surface area (Å²) in [6.45, 7) is 1.63. The molecule has 1 rings (SSSR count). The van der Waals surface area contributed by atoms with Gasteiger partial charge in [0.1, 0.15) is 5.69 Å². The first-order chi connectivity index (χ1) is 9.74. The SMILES string of the molecule is CCNc1ccc(C(=O)NCCC(F)(F)F)cc1[N+](=O)[O-]. The maximum atomic E-state index is 12.0. The molecule has 0 heterocycles. The lowest BCUT2D eigenvalue weighted by molar-refractivity contribution is -0.384. The highest BCUT2D eigenvalue weighted by Gasteiger charge is 2.26. The molecular formula is C12H14F3N3O3. The van der Waals surface area contributed by atoms with Gasteiger partial charge in [-0.25, -0.2) is 0 Å². The molecule has 2 N–H and O–H groups in total. The van der Waals surface area contributed by atoms with Gasteiger partial charge in [-0.05, 0) is 19.1 Å². The quantitative estimate of drug-likeness (QED) is 0.625. The highest BCUT2D eigenvalue weighted by molar-refractivity contribution is 5.95. The standard InChI is InChI=1S/C12H14F3N3O3/c1-2-16-9-4-3-8(7-10(9)18(20)21)11(19)17-6-5-12(13,14)15/h3-4,7,16H,2,5-6H2,1H3,(H,17,19). The first kappa shape index (κ1) is 16.7. The van der Waals surface area contributed by atoms with Crippen LogP contribution < -0.4 is 10.6 Å². The van der Waals surface area contributed by atoms with Gasteiger partial charge in [-0.2, -0.15) is 13.2 Å². The summed E-state index contributed by atoms with van der Waals surface area (Å²) < 4.78 is 35.9. The van der Waals surface area contributed by atoms with Gasteiger partial charge in [0.15, 0.2) is 0 Å². The number of benzene rings is 1. The number of nitro groups is 1. The summed E-state index contributed by atoms with van der Waals surface area (Å²) in [6.07, 6.45) is -5.52. The van der Waals surface area contributed by atoms with Crippen molar-refractivity contribution in [3.8, 4) is 0 Å². The Morgan fingerprint density at radius 1 is 1.38 bits per heavy atom. The Morgan fingerprint density at radius 2 is 2.05 bits per heavy atom. The highest BCUT2D eigenvalue weighted by atomic mass is 19.4. The number of nitro benzene ring substituents is 1. The van der Waals surface area contributed by atoms with Gasteiger partial charge < -0.3 is 10.6 Å². The minimum atomic E-state index is -4.37. The molecule has 6 nitrogen and oxygen atoms in total. The van der Waals surface area contributed by atoms with Crippen molar-refractivity contribution in [3.05, 3.63) is 33.9 Å². The predicted molar refractivity (Wildman–Crippen MR) is 70.3 cm³/mol. The van der Waals surface area contributed by atoms with E-state index in [9.17, 15) is 28.1 Å². The number of rotatable bonds is 6. The first-order valence-electron chi connectivity index (χ1n) is 6.12. The van der Waals surface area contributed by atoms with Crippen LogP contribution in [0, 0.1) is 10.1 Å². The zero-order valence-corrected chi connectivity index (χ0v) is 11.2. The molecule has 1 aromatic carbocycles. The zero-order chi connectivity index (χ0) is 16.0. The van der Waals surface area contributed by atoms with Crippen molar-refractivity contribution in [2.75, 3.05) is 18.4 Å². The van der Waals surface area contributed by atoms with Crippen LogP contribution in [0.2, 0.25) is 0 Å². The van der Waals surface area contributed by atoms with E-state index in [-0.39, 0.29) is 16.9 Å². The second-order valence-corrected chi connectivity index (χ2v) is 4.14. The molecule has 0 unspecified atom stereocenters. The van der Waals surface area contributed by atoms with Crippen molar-refractivity contribution < 1.29 is 22.9 Å². The fourth-order valence-corrected chi connectivity index (χ4v) is 1.58. The normalized spacial score (nSPS) is 11.0. The second-order valence-electron chi connectivity index (χ2n) is 4.14. The van der Waals surface area contributed by atoms with Crippen molar-refractivity contribution in [1.82, 2.24) is 5.32 Å². The molecular weight excluding hydrogens is 291 g/mol. The minimum Gasteiger partial charge on any atom is -0.380 e. The molecule has 0 aromatic heterocycles. The van der Waals surface area contributed by atoms with Gasteiger partial charge in [0.25, 0.3) is 11.6 Å². The fourth-order valence-electron chi connectivity index (χ4n) is 1.58. The molecule has 0 radical (unpaired) electrons. The van der Waals surface area contributed by atoms with E-state index in [1.54, 1.807) is 6.92 Å². The second kappa shape index (κ2) is 6.91. The van der Waals surface area contributed by atoms with E-state index in [0.717, 1.165) is 6.07 Å². The number of nitrogens with zero attached hydrogens (tertiary/aromatic N) is 1. The van der Waals surface area contributed by atoms with E-state index in [1.807, 2.05) is 0 Å². The van der Waals surface area contributed by atoms with Crippen LogP contribution in [0.1, 0.15) is 23.7 Å². The van der Waals surface area contributed by atoms with E-state index < -0.39 is 30.0 Å². The van der Waals surface area contributed by atoms with Crippen LogP contribution in [0.4, 0.5) is 24.5 Å². The Bertz CT molecular complexity index is 532. The number of hydrogen-bond donors (Lipinski definition) is 2. The lowest BCUT2D eigenvalue weighted by Gasteiger charge is -2.09. The summed E-state index contributed by atoms with van der Waals surface area (Å²) in [6, 6.07) is 3.69. The average molecular weight is 305 g/mol. The van der Waals surface area contributed by atoms with Crippen molar-refractivity contribution in [3.63, 3.8) is 0 Å². The topological polar surface area (TPSA) is 84.3 Å². The fraction of sp³-hybridized carbons (Fsp3) is 0.417. The summed E-state index contributed by atoms with van der Waals surface area (Å²) in [5, 5.41) is 15.7.